The number of aromatic nitrogens is 4. The third-order valence-corrected chi connectivity index (χ3v) is 7.98. The first-order chi connectivity index (χ1) is 22.4. The van der Waals surface area contributed by atoms with E-state index in [1.54, 1.807) is 48.9 Å². The Morgan fingerprint density at radius 2 is 1.81 bits per heavy atom. The van der Waals surface area contributed by atoms with E-state index in [0.29, 0.717) is 23.6 Å². The van der Waals surface area contributed by atoms with Gasteiger partial charge in [-0.25, -0.2) is 18.4 Å². The molecular weight excluding hydrogens is 624 g/mol. The number of pyridine rings is 1. The fourth-order valence-electron chi connectivity index (χ4n) is 5.45. The van der Waals surface area contributed by atoms with Crippen LogP contribution in [-0.4, -0.2) is 83.0 Å². The van der Waals surface area contributed by atoms with Crippen molar-refractivity contribution in [1.82, 2.24) is 25.1 Å². The molecule has 2 aromatic carbocycles. The highest BCUT2D eigenvalue weighted by atomic mass is 32.2. The number of fused-ring (bicyclic) bond motifs is 1. The molecule has 5 aromatic rings. The summed E-state index contributed by atoms with van der Waals surface area (Å²) in [6.07, 6.45) is 5.55. The average molecular weight is 663 g/mol. The maximum Gasteiger partial charge on any atom is 0.238 e. The Labute approximate surface area is 273 Å². The van der Waals surface area contributed by atoms with E-state index in [1.807, 2.05) is 18.2 Å². The van der Waals surface area contributed by atoms with E-state index in [4.69, 9.17) is 13.9 Å². The number of rotatable bonds is 9. The first kappa shape index (κ1) is 33.7. The van der Waals surface area contributed by atoms with Crippen LogP contribution in [0.1, 0.15) is 38.2 Å². The summed E-state index contributed by atoms with van der Waals surface area (Å²) in [7, 11) is -2.09. The molecule has 1 aliphatic heterocycles. The van der Waals surface area contributed by atoms with Crippen molar-refractivity contribution in [3.05, 3.63) is 78.4 Å². The van der Waals surface area contributed by atoms with Crippen molar-refractivity contribution in [3.63, 3.8) is 0 Å². The summed E-state index contributed by atoms with van der Waals surface area (Å²) in [6.45, 7) is 7.81. The Morgan fingerprint density at radius 1 is 1.09 bits per heavy atom. The minimum Gasteiger partial charge on any atom is -0.480 e. The molecule has 1 aliphatic rings. The number of hydrogen-bond acceptors (Lipinski definition) is 11. The topological polar surface area (TPSA) is 173 Å². The number of H-pyrrole nitrogens is 1. The lowest BCUT2D eigenvalue weighted by molar-refractivity contribution is -0.125. The number of ketones is 1. The highest BCUT2D eigenvalue weighted by Gasteiger charge is 2.24. The fraction of sp³-hybridized carbons (Fsp3) is 0.333. The third-order valence-electron chi connectivity index (χ3n) is 7.39. The predicted octanol–water partition coefficient (Wildman–Crippen LogP) is 4.58. The van der Waals surface area contributed by atoms with Gasteiger partial charge >= 0.3 is 0 Å². The summed E-state index contributed by atoms with van der Waals surface area (Å²) < 4.78 is 43.4. The fourth-order valence-corrected chi connectivity index (χ4v) is 6.00. The number of anilines is 1. The molecule has 0 aliphatic carbocycles. The number of carbonyl (C=O) groups is 1. The van der Waals surface area contributed by atoms with Crippen molar-refractivity contribution in [2.45, 2.75) is 45.6 Å². The number of morpholine rings is 1. The maximum atomic E-state index is 11.8. The van der Waals surface area contributed by atoms with Crippen LogP contribution in [-0.2, 0) is 26.1 Å². The molecular formula is C33H38N6O7S. The summed E-state index contributed by atoms with van der Waals surface area (Å²) in [4.78, 5) is 21.8. The van der Waals surface area contributed by atoms with Crippen LogP contribution in [0, 0.1) is 0 Å². The van der Waals surface area contributed by atoms with E-state index in [9.17, 15) is 18.3 Å². The molecule has 1 saturated heterocycles. The van der Waals surface area contributed by atoms with Crippen LogP contribution in [0.3, 0.4) is 0 Å². The molecule has 0 bridgehead atoms. The molecule has 0 radical (unpaired) electrons. The first-order valence-electron chi connectivity index (χ1n) is 15.0. The third kappa shape index (κ3) is 8.60. The number of aliphatic hydroxyl groups is 1. The quantitative estimate of drug-likeness (QED) is 0.202. The van der Waals surface area contributed by atoms with Crippen LogP contribution in [0.2, 0.25) is 0 Å². The van der Waals surface area contributed by atoms with Crippen LogP contribution < -0.4 is 9.46 Å². The second-order valence-corrected chi connectivity index (χ2v) is 13.3. The molecule has 14 heteroatoms. The van der Waals surface area contributed by atoms with E-state index in [0.717, 1.165) is 47.1 Å². The zero-order chi connectivity index (χ0) is 33.7. The molecule has 6 rings (SSSR count). The molecule has 0 amide bonds. The number of carbonyl (C=O) groups excluding carboxylic acids is 1. The number of methoxy groups -OCH3 is 1. The van der Waals surface area contributed by atoms with Gasteiger partial charge in [0.25, 0.3) is 0 Å². The minimum absolute atomic E-state index is 0.165. The second-order valence-electron chi connectivity index (χ2n) is 11.5. The van der Waals surface area contributed by atoms with E-state index in [1.165, 1.54) is 14.0 Å². The SMILES string of the molecule is CC(=O)[C@H](O)c1ccccc1.COc1ncc(-c2cc(-c3ncc(CN4C[C@@H](C)O[C@@H](C)C4)o3)c3cn[nH]c3c2)cc1NS(C)(=O)=O. The number of aromatic amines is 1. The number of ether oxygens (including phenoxy) is 2. The summed E-state index contributed by atoms with van der Waals surface area (Å²) >= 11 is 0. The molecule has 0 spiro atoms. The highest BCUT2D eigenvalue weighted by Crippen LogP contribution is 2.35. The van der Waals surface area contributed by atoms with Crippen molar-refractivity contribution in [1.29, 1.82) is 0 Å². The van der Waals surface area contributed by atoms with Crippen molar-refractivity contribution in [2.24, 2.45) is 0 Å². The van der Waals surface area contributed by atoms with Crippen molar-refractivity contribution >= 4 is 32.4 Å². The number of benzene rings is 2. The van der Waals surface area contributed by atoms with Gasteiger partial charge in [0, 0.05) is 35.8 Å². The van der Waals surface area contributed by atoms with Gasteiger partial charge in [-0.15, -0.1) is 0 Å². The van der Waals surface area contributed by atoms with Gasteiger partial charge in [-0.1, -0.05) is 30.3 Å². The summed E-state index contributed by atoms with van der Waals surface area (Å²) in [5, 5.41) is 17.3. The van der Waals surface area contributed by atoms with Gasteiger partial charge in [0.05, 0.1) is 50.0 Å². The van der Waals surface area contributed by atoms with Crippen molar-refractivity contribution < 1.29 is 32.2 Å². The molecule has 248 valence electrons. The van der Waals surface area contributed by atoms with Crippen LogP contribution in [0.15, 0.2) is 71.5 Å². The zero-order valence-electron chi connectivity index (χ0n) is 26.8. The van der Waals surface area contributed by atoms with E-state index < -0.39 is 16.1 Å². The van der Waals surface area contributed by atoms with Crippen LogP contribution >= 0.6 is 0 Å². The molecule has 3 aromatic heterocycles. The number of aliphatic hydroxyl groups excluding tert-OH is 1. The molecule has 3 N–H and O–H groups in total. The lowest BCUT2D eigenvalue weighted by Crippen LogP contribution is -2.44. The van der Waals surface area contributed by atoms with E-state index in [-0.39, 0.29) is 29.6 Å². The highest BCUT2D eigenvalue weighted by molar-refractivity contribution is 7.92. The van der Waals surface area contributed by atoms with Gasteiger partial charge in [-0.05, 0) is 50.1 Å². The Balaban J connectivity index is 0.000000335. The first-order valence-corrected chi connectivity index (χ1v) is 16.8. The van der Waals surface area contributed by atoms with Gasteiger partial charge in [0.2, 0.25) is 21.8 Å². The standard InChI is InChI=1S/C24H28N6O5S.C9H10O2/c1-14-11-30(12-15(2)34-14)13-18-9-26-23(35-18)19-5-16(6-21-20(19)10-27-28-21)17-7-22(29-36(4,31)32)24(33-3)25-8-17;1-7(10)9(11)8-5-3-2-4-6-8/h5-10,14-15,29H,11-13H2,1-4H3,(H,27,28);2-6,9,11H,1H3/t14-,15+;9-/m.0/s1. The largest absolute Gasteiger partial charge is 0.480 e. The molecule has 47 heavy (non-hydrogen) atoms. The minimum atomic E-state index is -3.53. The molecule has 1 fully saturated rings. The lowest BCUT2D eigenvalue weighted by Gasteiger charge is -2.34. The van der Waals surface area contributed by atoms with Gasteiger partial charge in [0.15, 0.2) is 5.78 Å². The zero-order valence-corrected chi connectivity index (χ0v) is 27.6. The molecule has 0 saturated carbocycles. The molecule has 4 heterocycles. The summed E-state index contributed by atoms with van der Waals surface area (Å²) in [6, 6.07) is 14.4. The second kappa shape index (κ2) is 14.4. The van der Waals surface area contributed by atoms with Crippen LogP contribution in [0.4, 0.5) is 5.69 Å². The average Bonchev–Trinajstić information content (AvgIpc) is 3.69. The number of nitrogens with one attached hydrogen (secondary N) is 2. The monoisotopic (exact) mass is 662 g/mol. The Kier molecular flexibility index (Phi) is 10.3. The van der Waals surface area contributed by atoms with Gasteiger partial charge < -0.3 is 19.0 Å². The van der Waals surface area contributed by atoms with Gasteiger partial charge in [-0.2, -0.15) is 5.10 Å². The predicted molar refractivity (Wildman–Crippen MR) is 177 cm³/mol. The van der Waals surface area contributed by atoms with Crippen LogP contribution in [0.25, 0.3) is 33.5 Å². The molecule has 3 atom stereocenters. The van der Waals surface area contributed by atoms with Gasteiger partial charge in [-0.3, -0.25) is 19.5 Å². The molecule has 0 unspecified atom stereocenters. The number of nitrogens with zero attached hydrogens (tertiary/aromatic N) is 4. The number of hydrogen-bond donors (Lipinski definition) is 3. The number of oxazole rings is 1. The lowest BCUT2D eigenvalue weighted by atomic mass is 10.0. The molecule has 13 nitrogen and oxygen atoms in total. The van der Waals surface area contributed by atoms with Crippen molar-refractivity contribution in [3.8, 4) is 28.5 Å². The summed E-state index contributed by atoms with van der Waals surface area (Å²) in [5.74, 6) is 1.19. The smallest absolute Gasteiger partial charge is 0.238 e. The van der Waals surface area contributed by atoms with Crippen LogP contribution in [0.5, 0.6) is 5.88 Å². The maximum absolute atomic E-state index is 11.8. The normalized spacial score (nSPS) is 17.5. The Bertz CT molecular complexity index is 1930. The van der Waals surface area contributed by atoms with E-state index >= 15 is 0 Å². The summed E-state index contributed by atoms with van der Waals surface area (Å²) in [5.41, 5.74) is 3.91. The Hall–Kier alpha value is -4.63. The number of Topliss-reactive ketones (excluding diaryl/α,β-unsaturated/α-hetero) is 1. The Morgan fingerprint density at radius 3 is 2.47 bits per heavy atom. The van der Waals surface area contributed by atoms with Crippen molar-refractivity contribution in [2.75, 3.05) is 31.2 Å². The number of sulfonamides is 1. The van der Waals surface area contributed by atoms with E-state index in [2.05, 4.69) is 43.6 Å². The van der Waals surface area contributed by atoms with Gasteiger partial charge in [0.1, 0.15) is 17.6 Å².